The van der Waals surface area contributed by atoms with Gasteiger partial charge in [-0.2, -0.15) is 0 Å². The fourth-order valence-corrected chi connectivity index (χ4v) is 4.90. The second-order valence-electron chi connectivity index (χ2n) is 9.02. The quantitative estimate of drug-likeness (QED) is 0.582. The Labute approximate surface area is 202 Å². The van der Waals surface area contributed by atoms with E-state index in [4.69, 9.17) is 25.5 Å². The van der Waals surface area contributed by atoms with Crippen LogP contribution in [0.4, 0.5) is 0 Å². The number of halogens is 1. The zero-order valence-electron chi connectivity index (χ0n) is 19.3. The molecule has 7 nitrogen and oxygen atoms in total. The number of carbonyl (C=O) groups is 2. The fraction of sp³-hybridized carbons (Fsp3) is 0.385. The summed E-state index contributed by atoms with van der Waals surface area (Å²) < 4.78 is 17.6. The molecule has 0 spiro atoms. The highest BCUT2D eigenvalue weighted by atomic mass is 35.5. The summed E-state index contributed by atoms with van der Waals surface area (Å²) in [5.74, 6) is 0.381. The second-order valence-corrected chi connectivity index (χ2v) is 9.45. The molecule has 178 valence electrons. The van der Waals surface area contributed by atoms with Gasteiger partial charge in [-0.3, -0.25) is 14.5 Å². The maximum Gasteiger partial charge on any atom is 0.287 e. The highest BCUT2D eigenvalue weighted by Gasteiger charge is 2.40. The second kappa shape index (κ2) is 9.06. The zero-order chi connectivity index (χ0) is 23.9. The Morgan fingerprint density at radius 1 is 1.15 bits per heavy atom. The molecule has 2 aliphatic heterocycles. The van der Waals surface area contributed by atoms with E-state index < -0.39 is 5.60 Å². The highest BCUT2D eigenvalue weighted by Crippen LogP contribution is 2.44. The molecule has 34 heavy (non-hydrogen) atoms. The first kappa shape index (κ1) is 22.9. The van der Waals surface area contributed by atoms with E-state index in [-0.39, 0.29) is 23.9 Å². The summed E-state index contributed by atoms with van der Waals surface area (Å²) >= 11 is 6.03. The molecule has 1 N–H and O–H groups in total. The Hall–Kier alpha value is -2.87. The number of fused-ring (bicyclic) bond motifs is 3. The van der Waals surface area contributed by atoms with Crippen molar-refractivity contribution < 1.29 is 23.5 Å². The number of amides is 1. The Morgan fingerprint density at radius 3 is 2.62 bits per heavy atom. The number of hydrogen-bond acceptors (Lipinski definition) is 6. The summed E-state index contributed by atoms with van der Waals surface area (Å²) in [6.45, 7) is 8.13. The van der Waals surface area contributed by atoms with Crippen LogP contribution < -0.4 is 10.1 Å². The number of aryl methyl sites for hydroxylation is 1. The van der Waals surface area contributed by atoms with Gasteiger partial charge in [-0.15, -0.1) is 0 Å². The average Bonchev–Trinajstić information content (AvgIpc) is 3.16. The largest absolute Gasteiger partial charge is 0.482 e. The van der Waals surface area contributed by atoms with Gasteiger partial charge in [0.2, 0.25) is 0 Å². The molecule has 0 bridgehead atoms. The zero-order valence-corrected chi connectivity index (χ0v) is 20.0. The molecule has 3 aromatic rings. The molecule has 0 aliphatic carbocycles. The number of nitrogens with one attached hydrogen (secondary N) is 1. The van der Waals surface area contributed by atoms with E-state index in [0.717, 1.165) is 38.4 Å². The minimum atomic E-state index is -0.806. The van der Waals surface area contributed by atoms with Gasteiger partial charge >= 0.3 is 0 Å². The summed E-state index contributed by atoms with van der Waals surface area (Å²) in [5, 5.41) is 4.20. The van der Waals surface area contributed by atoms with Crippen LogP contribution in [-0.2, 0) is 10.3 Å². The number of hydrogen-bond donors (Lipinski definition) is 1. The van der Waals surface area contributed by atoms with Crippen LogP contribution in [0, 0.1) is 6.92 Å². The van der Waals surface area contributed by atoms with E-state index in [1.54, 1.807) is 24.3 Å². The molecular formula is C26H27ClN2O5. The van der Waals surface area contributed by atoms with Crippen molar-refractivity contribution in [2.75, 3.05) is 39.4 Å². The fourth-order valence-electron chi connectivity index (χ4n) is 4.77. The third-order valence-electron chi connectivity index (χ3n) is 6.65. The lowest BCUT2D eigenvalue weighted by Crippen LogP contribution is -2.41. The number of ether oxygens (including phenoxy) is 2. The number of carbonyl (C=O) groups excluding carboxylic acids is 2. The lowest BCUT2D eigenvalue weighted by atomic mass is 9.84. The van der Waals surface area contributed by atoms with Gasteiger partial charge in [0, 0.05) is 42.2 Å². The molecule has 2 aromatic carbocycles. The van der Waals surface area contributed by atoms with Gasteiger partial charge in [-0.1, -0.05) is 23.7 Å². The average molecular weight is 483 g/mol. The predicted octanol–water partition coefficient (Wildman–Crippen LogP) is 4.34. The first-order valence-corrected chi connectivity index (χ1v) is 11.9. The van der Waals surface area contributed by atoms with Gasteiger partial charge in [0.05, 0.1) is 25.2 Å². The van der Waals surface area contributed by atoms with Crippen LogP contribution in [0.5, 0.6) is 5.75 Å². The van der Waals surface area contributed by atoms with Crippen LogP contribution in [0.2, 0.25) is 5.02 Å². The number of furan rings is 1. The molecule has 2 aliphatic rings. The van der Waals surface area contributed by atoms with Crippen molar-refractivity contribution in [3.8, 4) is 5.75 Å². The Morgan fingerprint density at radius 2 is 1.88 bits per heavy atom. The van der Waals surface area contributed by atoms with E-state index in [2.05, 4.69) is 10.2 Å². The molecule has 8 heteroatoms. The Bertz CT molecular complexity index is 1250. The highest BCUT2D eigenvalue weighted by molar-refractivity contribution is 6.30. The molecule has 5 rings (SSSR count). The van der Waals surface area contributed by atoms with Gasteiger partial charge < -0.3 is 19.2 Å². The van der Waals surface area contributed by atoms with Crippen molar-refractivity contribution in [1.29, 1.82) is 0 Å². The number of nitrogens with zero attached hydrogens (tertiary/aromatic N) is 1. The van der Waals surface area contributed by atoms with Crippen LogP contribution >= 0.6 is 11.6 Å². The SMILES string of the molecule is Cc1c(C(=O)NCCN2CCOCC2)oc2ccc3c(c12)C(=O)C[C@](C)(c1ccc(Cl)cc1)O3. The molecule has 1 amide bonds. The van der Waals surface area contributed by atoms with Crippen LogP contribution in [-0.4, -0.2) is 56.0 Å². The van der Waals surface area contributed by atoms with Crippen molar-refractivity contribution in [1.82, 2.24) is 10.2 Å². The van der Waals surface area contributed by atoms with Gasteiger partial charge in [-0.05, 0) is 43.7 Å². The maximum absolute atomic E-state index is 13.4. The molecule has 1 atom stereocenters. The summed E-state index contributed by atoms with van der Waals surface area (Å²) in [4.78, 5) is 28.5. The predicted molar refractivity (Wildman–Crippen MR) is 129 cm³/mol. The minimum absolute atomic E-state index is 0.0486. The molecule has 0 saturated carbocycles. The van der Waals surface area contributed by atoms with Gasteiger partial charge in [-0.25, -0.2) is 0 Å². The van der Waals surface area contributed by atoms with Crippen LogP contribution in [0.25, 0.3) is 11.0 Å². The third-order valence-corrected chi connectivity index (χ3v) is 6.90. The lowest BCUT2D eigenvalue weighted by molar-refractivity contribution is 0.0382. The van der Waals surface area contributed by atoms with Crippen LogP contribution in [0.15, 0.2) is 40.8 Å². The summed E-state index contributed by atoms with van der Waals surface area (Å²) in [6, 6.07) is 10.8. The number of rotatable bonds is 5. The number of ketones is 1. The molecule has 1 fully saturated rings. The number of benzene rings is 2. The molecule has 0 radical (unpaired) electrons. The van der Waals surface area contributed by atoms with E-state index in [9.17, 15) is 9.59 Å². The summed E-state index contributed by atoms with van der Waals surface area (Å²) in [5.41, 5.74) is 1.68. The number of morpholine rings is 1. The summed E-state index contributed by atoms with van der Waals surface area (Å²) in [6.07, 6.45) is 0.173. The smallest absolute Gasteiger partial charge is 0.287 e. The summed E-state index contributed by atoms with van der Waals surface area (Å²) in [7, 11) is 0. The molecule has 1 saturated heterocycles. The van der Waals surface area contributed by atoms with Crippen molar-refractivity contribution in [3.63, 3.8) is 0 Å². The maximum atomic E-state index is 13.4. The lowest BCUT2D eigenvalue weighted by Gasteiger charge is -2.35. The molecular weight excluding hydrogens is 456 g/mol. The third kappa shape index (κ3) is 4.19. The standard InChI is InChI=1S/C26H27ClN2O5/c1-16-22-20(33-24(16)25(31)28-9-10-29-11-13-32-14-12-29)7-8-21-23(22)19(30)15-26(2,34-21)17-3-5-18(27)6-4-17/h3-8H,9-15H2,1-2H3,(H,28,31)/t26-/m1/s1. The minimum Gasteiger partial charge on any atom is -0.482 e. The van der Waals surface area contributed by atoms with E-state index in [1.807, 2.05) is 26.0 Å². The van der Waals surface area contributed by atoms with Crippen molar-refractivity contribution >= 4 is 34.3 Å². The first-order valence-electron chi connectivity index (χ1n) is 11.5. The number of Topliss-reactive ketones (excluding diaryl/α,β-unsaturated/α-hetero) is 1. The van der Waals surface area contributed by atoms with E-state index in [1.165, 1.54) is 0 Å². The normalized spacial score (nSPS) is 20.7. The Kier molecular flexibility index (Phi) is 6.10. The topological polar surface area (TPSA) is 81.0 Å². The molecule has 1 aromatic heterocycles. The monoisotopic (exact) mass is 482 g/mol. The Balaban J connectivity index is 1.39. The van der Waals surface area contributed by atoms with Crippen LogP contribution in [0.1, 0.15) is 45.4 Å². The molecule has 3 heterocycles. The molecule has 0 unspecified atom stereocenters. The van der Waals surface area contributed by atoms with Crippen molar-refractivity contribution in [3.05, 3.63) is 63.9 Å². The van der Waals surface area contributed by atoms with E-state index >= 15 is 0 Å². The van der Waals surface area contributed by atoms with E-state index in [0.29, 0.717) is 39.4 Å². The van der Waals surface area contributed by atoms with Crippen LogP contribution in [0.3, 0.4) is 0 Å². The first-order chi connectivity index (χ1) is 16.4. The van der Waals surface area contributed by atoms with Crippen molar-refractivity contribution in [2.24, 2.45) is 0 Å². The van der Waals surface area contributed by atoms with Gasteiger partial charge in [0.1, 0.15) is 16.9 Å². The van der Waals surface area contributed by atoms with Gasteiger partial charge in [0.15, 0.2) is 11.5 Å². The van der Waals surface area contributed by atoms with Gasteiger partial charge in [0.25, 0.3) is 5.91 Å². The van der Waals surface area contributed by atoms with Crippen molar-refractivity contribution in [2.45, 2.75) is 25.9 Å².